The molecule has 0 aromatic carbocycles. The van der Waals surface area contributed by atoms with E-state index in [2.05, 4.69) is 24.5 Å². The quantitative estimate of drug-likeness (QED) is 0.757. The Balaban J connectivity index is 1.81. The molecule has 4 heteroatoms. The number of hydrogen-bond donors (Lipinski definition) is 2. The van der Waals surface area contributed by atoms with Gasteiger partial charge in [-0.25, -0.2) is 0 Å². The molecule has 0 aromatic rings. The van der Waals surface area contributed by atoms with Crippen molar-refractivity contribution in [2.24, 2.45) is 0 Å². The molecule has 1 heterocycles. The fraction of sp³-hybridized carbons (Fsp3) is 0.923. The van der Waals surface area contributed by atoms with Crippen molar-refractivity contribution in [2.45, 2.75) is 70.1 Å². The highest BCUT2D eigenvalue weighted by Gasteiger charge is 2.35. The molecule has 1 aliphatic heterocycles. The Morgan fingerprint density at radius 1 is 1.18 bits per heavy atom. The fourth-order valence-electron chi connectivity index (χ4n) is 2.53. The van der Waals surface area contributed by atoms with Crippen molar-refractivity contribution in [1.82, 2.24) is 10.6 Å². The molecule has 2 fully saturated rings. The second kappa shape index (κ2) is 5.53. The van der Waals surface area contributed by atoms with Crippen LogP contribution in [0.25, 0.3) is 0 Å². The van der Waals surface area contributed by atoms with Crippen LogP contribution < -0.4 is 10.6 Å². The molecular weight excluding hydrogens is 232 g/mol. The predicted octanol–water partition coefficient (Wildman–Crippen LogP) is 2.35. The highest BCUT2D eigenvalue weighted by atomic mass is 32.1. The van der Waals surface area contributed by atoms with E-state index in [0.717, 1.165) is 37.4 Å². The fourth-order valence-corrected chi connectivity index (χ4v) is 2.87. The standard InChI is InChI=1S/C13H24N2OS/c1-3-13(4-2)9-11(7-8-16-13)15-12(17)14-10-5-6-10/h10-11H,3-9H2,1-2H3,(H2,14,15,17). The number of rotatable bonds is 4. The molecule has 2 rings (SSSR count). The Bertz CT molecular complexity index is 275. The summed E-state index contributed by atoms with van der Waals surface area (Å²) in [4.78, 5) is 0. The molecule has 0 bridgehead atoms. The highest BCUT2D eigenvalue weighted by Crippen LogP contribution is 2.31. The second-order valence-electron chi connectivity index (χ2n) is 5.32. The van der Waals surface area contributed by atoms with Crippen molar-refractivity contribution < 1.29 is 4.74 Å². The predicted molar refractivity (Wildman–Crippen MR) is 74.2 cm³/mol. The van der Waals surface area contributed by atoms with Gasteiger partial charge in [-0.15, -0.1) is 0 Å². The molecule has 0 radical (unpaired) electrons. The van der Waals surface area contributed by atoms with Gasteiger partial charge >= 0.3 is 0 Å². The summed E-state index contributed by atoms with van der Waals surface area (Å²) in [5, 5.41) is 7.63. The Hall–Kier alpha value is -0.350. The zero-order valence-electron chi connectivity index (χ0n) is 10.9. The van der Waals surface area contributed by atoms with E-state index in [4.69, 9.17) is 17.0 Å². The first kappa shape index (κ1) is 13.1. The number of thiocarbonyl (C=S) groups is 1. The molecule has 98 valence electrons. The molecule has 1 saturated heterocycles. The molecule has 2 aliphatic rings. The molecule has 0 spiro atoms. The summed E-state index contributed by atoms with van der Waals surface area (Å²) in [7, 11) is 0. The summed E-state index contributed by atoms with van der Waals surface area (Å²) >= 11 is 5.34. The van der Waals surface area contributed by atoms with Crippen molar-refractivity contribution in [3.05, 3.63) is 0 Å². The molecule has 17 heavy (non-hydrogen) atoms. The van der Waals surface area contributed by atoms with Crippen LogP contribution in [0.1, 0.15) is 52.4 Å². The third kappa shape index (κ3) is 3.55. The SMILES string of the molecule is CCC1(CC)CC(NC(=S)NC2CC2)CCO1. The largest absolute Gasteiger partial charge is 0.375 e. The van der Waals surface area contributed by atoms with Crippen molar-refractivity contribution >= 4 is 17.3 Å². The lowest BCUT2D eigenvalue weighted by Crippen LogP contribution is -2.50. The normalized spacial score (nSPS) is 27.5. The van der Waals surface area contributed by atoms with E-state index in [1.807, 2.05) is 0 Å². The van der Waals surface area contributed by atoms with Gasteiger partial charge < -0.3 is 15.4 Å². The number of hydrogen-bond acceptors (Lipinski definition) is 2. The summed E-state index contributed by atoms with van der Waals surface area (Å²) < 4.78 is 5.97. The van der Waals surface area contributed by atoms with Crippen LogP contribution in [0.5, 0.6) is 0 Å². The topological polar surface area (TPSA) is 33.3 Å². The van der Waals surface area contributed by atoms with Crippen LogP contribution in [0.4, 0.5) is 0 Å². The number of ether oxygens (including phenoxy) is 1. The molecule has 1 aliphatic carbocycles. The summed E-state index contributed by atoms with van der Waals surface area (Å²) in [6, 6.07) is 1.11. The molecule has 2 N–H and O–H groups in total. The van der Waals surface area contributed by atoms with Crippen LogP contribution in [0.15, 0.2) is 0 Å². The van der Waals surface area contributed by atoms with E-state index in [0.29, 0.717) is 12.1 Å². The van der Waals surface area contributed by atoms with E-state index in [-0.39, 0.29) is 5.60 Å². The van der Waals surface area contributed by atoms with Gasteiger partial charge in [0, 0.05) is 18.7 Å². The van der Waals surface area contributed by atoms with Gasteiger partial charge in [0.25, 0.3) is 0 Å². The minimum absolute atomic E-state index is 0.0745. The van der Waals surface area contributed by atoms with E-state index in [1.54, 1.807) is 0 Å². The van der Waals surface area contributed by atoms with Crippen molar-refractivity contribution in [1.29, 1.82) is 0 Å². The van der Waals surface area contributed by atoms with E-state index < -0.39 is 0 Å². The Labute approximate surface area is 110 Å². The van der Waals surface area contributed by atoms with Gasteiger partial charge in [0.15, 0.2) is 5.11 Å². The molecule has 1 unspecified atom stereocenters. The Kier molecular flexibility index (Phi) is 4.26. The molecule has 0 aromatic heterocycles. The molecule has 3 nitrogen and oxygen atoms in total. The zero-order valence-corrected chi connectivity index (χ0v) is 11.7. The van der Waals surface area contributed by atoms with Gasteiger partial charge in [-0.2, -0.15) is 0 Å². The summed E-state index contributed by atoms with van der Waals surface area (Å²) in [5.74, 6) is 0. The summed E-state index contributed by atoms with van der Waals surface area (Å²) in [6.45, 7) is 5.28. The van der Waals surface area contributed by atoms with E-state index >= 15 is 0 Å². The Morgan fingerprint density at radius 2 is 1.82 bits per heavy atom. The lowest BCUT2D eigenvalue weighted by atomic mass is 9.86. The molecule has 0 amide bonds. The van der Waals surface area contributed by atoms with Crippen LogP contribution in [0.3, 0.4) is 0 Å². The average Bonchev–Trinajstić information content (AvgIpc) is 3.13. The van der Waals surface area contributed by atoms with Gasteiger partial charge in [0.1, 0.15) is 0 Å². The van der Waals surface area contributed by atoms with E-state index in [9.17, 15) is 0 Å². The highest BCUT2D eigenvalue weighted by molar-refractivity contribution is 7.80. The summed E-state index contributed by atoms with van der Waals surface area (Å²) in [5.41, 5.74) is 0.0745. The van der Waals surface area contributed by atoms with Crippen molar-refractivity contribution in [2.75, 3.05) is 6.61 Å². The first-order valence-corrected chi connectivity index (χ1v) is 7.29. The van der Waals surface area contributed by atoms with E-state index in [1.165, 1.54) is 12.8 Å². The maximum atomic E-state index is 5.97. The van der Waals surface area contributed by atoms with Crippen LogP contribution in [-0.4, -0.2) is 29.4 Å². The second-order valence-corrected chi connectivity index (χ2v) is 5.73. The minimum Gasteiger partial charge on any atom is -0.375 e. The van der Waals surface area contributed by atoms with Gasteiger partial charge in [-0.3, -0.25) is 0 Å². The monoisotopic (exact) mass is 256 g/mol. The third-order valence-corrected chi connectivity index (χ3v) is 4.27. The average molecular weight is 256 g/mol. The van der Waals surface area contributed by atoms with Crippen molar-refractivity contribution in [3.8, 4) is 0 Å². The van der Waals surface area contributed by atoms with Crippen LogP contribution in [-0.2, 0) is 4.74 Å². The first-order chi connectivity index (χ1) is 8.17. The van der Waals surface area contributed by atoms with Crippen LogP contribution in [0, 0.1) is 0 Å². The molecule has 1 atom stereocenters. The summed E-state index contributed by atoms with van der Waals surface area (Å²) in [6.07, 6.45) is 6.85. The lowest BCUT2D eigenvalue weighted by molar-refractivity contribution is -0.0910. The lowest BCUT2D eigenvalue weighted by Gasteiger charge is -2.40. The zero-order chi connectivity index (χ0) is 12.3. The van der Waals surface area contributed by atoms with Gasteiger partial charge in [0.05, 0.1) is 5.60 Å². The maximum absolute atomic E-state index is 5.97. The maximum Gasteiger partial charge on any atom is 0.166 e. The van der Waals surface area contributed by atoms with Crippen LogP contribution >= 0.6 is 12.2 Å². The minimum atomic E-state index is 0.0745. The van der Waals surface area contributed by atoms with Gasteiger partial charge in [0.2, 0.25) is 0 Å². The first-order valence-electron chi connectivity index (χ1n) is 6.88. The molecule has 1 saturated carbocycles. The van der Waals surface area contributed by atoms with Crippen molar-refractivity contribution in [3.63, 3.8) is 0 Å². The van der Waals surface area contributed by atoms with Crippen LogP contribution in [0.2, 0.25) is 0 Å². The Morgan fingerprint density at radius 3 is 2.41 bits per heavy atom. The molecular formula is C13H24N2OS. The smallest absolute Gasteiger partial charge is 0.166 e. The number of nitrogens with one attached hydrogen (secondary N) is 2. The third-order valence-electron chi connectivity index (χ3n) is 4.03. The van der Waals surface area contributed by atoms with Gasteiger partial charge in [-0.05, 0) is 50.7 Å². The van der Waals surface area contributed by atoms with Gasteiger partial charge in [-0.1, -0.05) is 13.8 Å².